The lowest BCUT2D eigenvalue weighted by molar-refractivity contribution is 0.942. The van der Waals surface area contributed by atoms with Crippen molar-refractivity contribution in [2.45, 2.75) is 10.9 Å². The number of nitrogens with zero attached hydrogens (tertiary/aromatic N) is 1. The first kappa shape index (κ1) is 16.1. The summed E-state index contributed by atoms with van der Waals surface area (Å²) in [5.74, 6) is 0.637. The highest BCUT2D eigenvalue weighted by molar-refractivity contribution is 7.98. The molecule has 0 unspecified atom stereocenters. The van der Waals surface area contributed by atoms with E-state index < -0.39 is 0 Å². The Hall–Kier alpha value is -1.75. The van der Waals surface area contributed by atoms with Crippen LogP contribution in [0.15, 0.2) is 64.5 Å². The second-order valence-electron chi connectivity index (χ2n) is 4.84. The molecule has 0 amide bonds. The van der Waals surface area contributed by atoms with Crippen molar-refractivity contribution in [1.29, 1.82) is 0 Å². The number of benzene rings is 2. The third kappa shape index (κ3) is 4.16. The largest absolute Gasteiger partial charge is 0.301 e. The second-order valence-corrected chi connectivity index (χ2v) is 6.62. The van der Waals surface area contributed by atoms with E-state index in [4.69, 9.17) is 23.2 Å². The molecule has 23 heavy (non-hydrogen) atoms. The zero-order valence-electron chi connectivity index (χ0n) is 11.9. The van der Waals surface area contributed by atoms with Gasteiger partial charge in [-0.05, 0) is 17.7 Å². The van der Waals surface area contributed by atoms with E-state index in [1.165, 1.54) is 17.8 Å². The van der Waals surface area contributed by atoms with Crippen molar-refractivity contribution in [2.24, 2.45) is 0 Å². The Bertz CT molecular complexity index is 881. The number of rotatable bonds is 4. The molecule has 0 spiro atoms. The average molecular weight is 363 g/mol. The molecule has 1 heterocycles. The molecule has 0 atom stereocenters. The van der Waals surface area contributed by atoms with Crippen LogP contribution in [0.4, 0.5) is 0 Å². The summed E-state index contributed by atoms with van der Waals surface area (Å²) in [6.07, 6.45) is 0. The molecule has 0 saturated carbocycles. The number of thioether (sulfide) groups is 1. The molecule has 0 radical (unpaired) electrons. The van der Waals surface area contributed by atoms with E-state index in [-0.39, 0.29) is 5.56 Å². The van der Waals surface area contributed by atoms with Gasteiger partial charge in [0.15, 0.2) is 5.16 Å². The quantitative estimate of drug-likeness (QED) is 0.522. The summed E-state index contributed by atoms with van der Waals surface area (Å²) < 4.78 is 0. The lowest BCUT2D eigenvalue weighted by atomic mass is 10.1. The average Bonchev–Trinajstić information content (AvgIpc) is 2.56. The zero-order chi connectivity index (χ0) is 16.2. The zero-order valence-corrected chi connectivity index (χ0v) is 14.3. The van der Waals surface area contributed by atoms with Gasteiger partial charge in [-0.3, -0.25) is 4.79 Å². The molecule has 6 heteroatoms. The molecule has 0 aliphatic heterocycles. The van der Waals surface area contributed by atoms with Crippen LogP contribution in [0, 0.1) is 0 Å². The predicted octanol–water partition coefficient (Wildman–Crippen LogP) is 5.04. The second kappa shape index (κ2) is 7.21. The standard InChI is InChI=1S/C17H12Cl2N2OS/c18-13-7-6-11(8-14(13)19)10-23-17-20-15(9-16(22)21-17)12-4-2-1-3-5-12/h1-9H,10H2,(H,20,21,22). The molecule has 3 aromatic rings. The van der Waals surface area contributed by atoms with Gasteiger partial charge >= 0.3 is 0 Å². The van der Waals surface area contributed by atoms with Crippen molar-refractivity contribution in [3.8, 4) is 11.3 Å². The van der Waals surface area contributed by atoms with Crippen LogP contribution in [-0.2, 0) is 5.75 Å². The lowest BCUT2D eigenvalue weighted by Crippen LogP contribution is -2.08. The van der Waals surface area contributed by atoms with E-state index in [2.05, 4.69) is 9.97 Å². The van der Waals surface area contributed by atoms with E-state index >= 15 is 0 Å². The fourth-order valence-corrected chi connectivity index (χ4v) is 3.18. The monoisotopic (exact) mass is 362 g/mol. The maximum absolute atomic E-state index is 11.8. The van der Waals surface area contributed by atoms with Gasteiger partial charge in [-0.1, -0.05) is 71.4 Å². The molecular formula is C17H12Cl2N2OS. The Kier molecular flexibility index (Phi) is 5.06. The van der Waals surface area contributed by atoms with Crippen LogP contribution < -0.4 is 5.56 Å². The molecule has 0 bridgehead atoms. The molecule has 3 rings (SSSR count). The molecule has 0 aliphatic rings. The topological polar surface area (TPSA) is 45.8 Å². The smallest absolute Gasteiger partial charge is 0.252 e. The van der Waals surface area contributed by atoms with Crippen molar-refractivity contribution < 1.29 is 0 Å². The first-order valence-corrected chi connectivity index (χ1v) is 8.59. The molecule has 1 aromatic heterocycles. The Morgan fingerprint density at radius 3 is 2.52 bits per heavy atom. The molecular weight excluding hydrogens is 351 g/mol. The molecule has 3 nitrogen and oxygen atoms in total. The minimum Gasteiger partial charge on any atom is -0.301 e. The van der Waals surface area contributed by atoms with Crippen LogP contribution in [0.1, 0.15) is 5.56 Å². The van der Waals surface area contributed by atoms with Crippen LogP contribution in [0.2, 0.25) is 10.0 Å². The summed E-state index contributed by atoms with van der Waals surface area (Å²) in [7, 11) is 0. The number of halogens is 2. The fourth-order valence-electron chi connectivity index (χ4n) is 2.04. The maximum atomic E-state index is 11.8. The summed E-state index contributed by atoms with van der Waals surface area (Å²) in [4.78, 5) is 19.1. The molecule has 116 valence electrons. The lowest BCUT2D eigenvalue weighted by Gasteiger charge is -2.05. The molecule has 1 N–H and O–H groups in total. The number of nitrogens with one attached hydrogen (secondary N) is 1. The number of aromatic nitrogens is 2. The van der Waals surface area contributed by atoms with Crippen molar-refractivity contribution in [3.05, 3.63) is 80.6 Å². The van der Waals surface area contributed by atoms with Gasteiger partial charge in [0.1, 0.15) is 0 Å². The van der Waals surface area contributed by atoms with Crippen LogP contribution in [0.25, 0.3) is 11.3 Å². The molecule has 0 fully saturated rings. The normalized spacial score (nSPS) is 10.7. The third-order valence-electron chi connectivity index (χ3n) is 3.15. The molecule has 0 aliphatic carbocycles. The van der Waals surface area contributed by atoms with Crippen LogP contribution in [0.5, 0.6) is 0 Å². The highest BCUT2D eigenvalue weighted by Crippen LogP contribution is 2.26. The summed E-state index contributed by atoms with van der Waals surface area (Å²) in [5, 5.41) is 1.62. The SMILES string of the molecule is O=c1cc(-c2ccccc2)nc(SCc2ccc(Cl)c(Cl)c2)[nH]1. The van der Waals surface area contributed by atoms with Crippen LogP contribution in [0.3, 0.4) is 0 Å². The third-order valence-corrected chi connectivity index (χ3v) is 4.83. The van der Waals surface area contributed by atoms with Gasteiger partial charge in [-0.25, -0.2) is 4.98 Å². The van der Waals surface area contributed by atoms with E-state index in [1.807, 2.05) is 42.5 Å². The first-order chi connectivity index (χ1) is 11.1. The first-order valence-electron chi connectivity index (χ1n) is 6.85. The summed E-state index contributed by atoms with van der Waals surface area (Å²) in [6, 6.07) is 16.6. The summed E-state index contributed by atoms with van der Waals surface area (Å²) in [5.41, 5.74) is 2.41. The van der Waals surface area contributed by atoms with E-state index in [1.54, 1.807) is 6.07 Å². The predicted molar refractivity (Wildman–Crippen MR) is 96.3 cm³/mol. The number of hydrogen-bond acceptors (Lipinski definition) is 3. The molecule has 0 saturated heterocycles. The van der Waals surface area contributed by atoms with Gasteiger partial charge in [-0.15, -0.1) is 0 Å². The van der Waals surface area contributed by atoms with Crippen molar-refractivity contribution in [3.63, 3.8) is 0 Å². The van der Waals surface area contributed by atoms with Gasteiger partial charge in [0.25, 0.3) is 5.56 Å². The van der Waals surface area contributed by atoms with E-state index in [0.717, 1.165) is 11.1 Å². The van der Waals surface area contributed by atoms with E-state index in [9.17, 15) is 4.79 Å². The Morgan fingerprint density at radius 2 is 1.78 bits per heavy atom. The Labute approximate surface area is 147 Å². The van der Waals surface area contributed by atoms with Gasteiger partial charge in [0.2, 0.25) is 0 Å². The summed E-state index contributed by atoms with van der Waals surface area (Å²) in [6.45, 7) is 0. The number of hydrogen-bond donors (Lipinski definition) is 1. The van der Waals surface area contributed by atoms with Crippen molar-refractivity contribution in [1.82, 2.24) is 9.97 Å². The highest BCUT2D eigenvalue weighted by Gasteiger charge is 2.06. The summed E-state index contributed by atoms with van der Waals surface area (Å²) >= 11 is 13.4. The minimum absolute atomic E-state index is 0.171. The minimum atomic E-state index is -0.171. The van der Waals surface area contributed by atoms with Gasteiger partial charge in [0.05, 0.1) is 15.7 Å². The number of H-pyrrole nitrogens is 1. The van der Waals surface area contributed by atoms with Crippen LogP contribution in [-0.4, -0.2) is 9.97 Å². The number of aromatic amines is 1. The van der Waals surface area contributed by atoms with Crippen LogP contribution >= 0.6 is 35.0 Å². The van der Waals surface area contributed by atoms with E-state index in [0.29, 0.717) is 26.6 Å². The van der Waals surface area contributed by atoms with Gasteiger partial charge in [-0.2, -0.15) is 0 Å². The Balaban J connectivity index is 1.82. The molecule has 2 aromatic carbocycles. The Morgan fingerprint density at radius 1 is 1.00 bits per heavy atom. The van der Waals surface area contributed by atoms with Crippen molar-refractivity contribution >= 4 is 35.0 Å². The van der Waals surface area contributed by atoms with Gasteiger partial charge < -0.3 is 4.98 Å². The van der Waals surface area contributed by atoms with Gasteiger partial charge in [0, 0.05) is 17.4 Å². The fraction of sp³-hybridized carbons (Fsp3) is 0.0588. The maximum Gasteiger partial charge on any atom is 0.252 e. The van der Waals surface area contributed by atoms with Crippen molar-refractivity contribution in [2.75, 3.05) is 0 Å². The highest BCUT2D eigenvalue weighted by atomic mass is 35.5.